The number of amides is 2. The number of hydrogen-bond acceptors (Lipinski definition) is 5. The van der Waals surface area contributed by atoms with Gasteiger partial charge < -0.3 is 16.4 Å². The van der Waals surface area contributed by atoms with Crippen molar-refractivity contribution in [1.29, 1.82) is 0 Å². The summed E-state index contributed by atoms with van der Waals surface area (Å²) in [5.74, 6) is -0.417. The molecule has 110 valence electrons. The van der Waals surface area contributed by atoms with E-state index in [4.69, 9.17) is 5.73 Å². The van der Waals surface area contributed by atoms with Crippen molar-refractivity contribution >= 4 is 34.0 Å². The SMILES string of the molecule is CNC(=O)c1ccc(NC(=O)c2sc(N)nc2C)c(C)c1. The van der Waals surface area contributed by atoms with Gasteiger partial charge in [0.2, 0.25) is 0 Å². The molecule has 0 aliphatic carbocycles. The summed E-state index contributed by atoms with van der Waals surface area (Å²) < 4.78 is 0. The van der Waals surface area contributed by atoms with E-state index in [0.29, 0.717) is 27.0 Å². The molecule has 0 bridgehead atoms. The van der Waals surface area contributed by atoms with Crippen LogP contribution in [0, 0.1) is 13.8 Å². The van der Waals surface area contributed by atoms with Gasteiger partial charge in [0.15, 0.2) is 5.13 Å². The summed E-state index contributed by atoms with van der Waals surface area (Å²) in [7, 11) is 1.57. The average Bonchev–Trinajstić information content (AvgIpc) is 2.79. The highest BCUT2D eigenvalue weighted by Gasteiger charge is 2.15. The van der Waals surface area contributed by atoms with Gasteiger partial charge in [-0.1, -0.05) is 11.3 Å². The van der Waals surface area contributed by atoms with Crippen LogP contribution >= 0.6 is 11.3 Å². The molecule has 0 atom stereocenters. The van der Waals surface area contributed by atoms with Crippen molar-refractivity contribution < 1.29 is 9.59 Å². The Morgan fingerprint density at radius 2 is 1.95 bits per heavy atom. The van der Waals surface area contributed by atoms with Gasteiger partial charge in [0.05, 0.1) is 5.69 Å². The van der Waals surface area contributed by atoms with Crippen LogP contribution in [0.3, 0.4) is 0 Å². The number of thiazole rings is 1. The fourth-order valence-corrected chi connectivity index (χ4v) is 2.63. The molecule has 0 unspecified atom stereocenters. The lowest BCUT2D eigenvalue weighted by molar-refractivity contribution is 0.0962. The van der Waals surface area contributed by atoms with Crippen molar-refractivity contribution in [1.82, 2.24) is 10.3 Å². The second-order valence-electron chi connectivity index (χ2n) is 4.53. The highest BCUT2D eigenvalue weighted by molar-refractivity contribution is 7.17. The van der Waals surface area contributed by atoms with Crippen LogP contribution in [0.15, 0.2) is 18.2 Å². The number of aromatic nitrogens is 1. The van der Waals surface area contributed by atoms with Crippen LogP contribution in [0.25, 0.3) is 0 Å². The van der Waals surface area contributed by atoms with Crippen molar-refractivity contribution in [2.45, 2.75) is 13.8 Å². The van der Waals surface area contributed by atoms with Crippen molar-refractivity contribution in [2.24, 2.45) is 0 Å². The lowest BCUT2D eigenvalue weighted by Crippen LogP contribution is -2.18. The second kappa shape index (κ2) is 5.92. The molecule has 0 radical (unpaired) electrons. The number of nitrogens with two attached hydrogens (primary N) is 1. The van der Waals surface area contributed by atoms with E-state index in [-0.39, 0.29) is 11.8 Å². The summed E-state index contributed by atoms with van der Waals surface area (Å²) in [4.78, 5) is 28.3. The van der Waals surface area contributed by atoms with E-state index in [1.54, 1.807) is 32.2 Å². The Morgan fingerprint density at radius 3 is 2.48 bits per heavy atom. The van der Waals surface area contributed by atoms with Gasteiger partial charge in [0, 0.05) is 18.3 Å². The number of rotatable bonds is 3. The molecule has 6 nitrogen and oxygen atoms in total. The Labute approximate surface area is 126 Å². The Balaban J connectivity index is 2.22. The maximum atomic E-state index is 12.2. The molecule has 0 aliphatic heterocycles. The number of benzene rings is 1. The Bertz CT molecular complexity index is 709. The summed E-state index contributed by atoms with van der Waals surface area (Å²) in [5.41, 5.74) is 8.20. The standard InChI is InChI=1S/C14H16N4O2S/c1-7-6-9(12(19)16-3)4-5-10(7)18-13(20)11-8(2)17-14(15)21-11/h4-6H,1-3H3,(H2,15,17)(H,16,19)(H,18,20). The maximum absolute atomic E-state index is 12.2. The van der Waals surface area contributed by atoms with Crippen LogP contribution < -0.4 is 16.4 Å². The third-order valence-electron chi connectivity index (χ3n) is 2.98. The minimum atomic E-state index is -0.252. The molecule has 21 heavy (non-hydrogen) atoms. The van der Waals surface area contributed by atoms with Crippen molar-refractivity contribution in [3.05, 3.63) is 39.9 Å². The Morgan fingerprint density at radius 1 is 1.24 bits per heavy atom. The van der Waals surface area contributed by atoms with E-state index in [0.717, 1.165) is 16.9 Å². The molecule has 2 amide bonds. The summed E-state index contributed by atoms with van der Waals surface area (Å²) in [6, 6.07) is 5.09. The molecule has 0 saturated carbocycles. The van der Waals surface area contributed by atoms with Crippen LogP contribution in [0.2, 0.25) is 0 Å². The van der Waals surface area contributed by atoms with Crippen molar-refractivity contribution in [2.75, 3.05) is 18.1 Å². The number of carbonyl (C=O) groups excluding carboxylic acids is 2. The zero-order valence-electron chi connectivity index (χ0n) is 12.0. The highest BCUT2D eigenvalue weighted by Crippen LogP contribution is 2.23. The molecule has 0 aliphatic rings. The molecule has 7 heteroatoms. The van der Waals surface area contributed by atoms with Gasteiger partial charge >= 0.3 is 0 Å². The van der Waals surface area contributed by atoms with Gasteiger partial charge in [-0.2, -0.15) is 0 Å². The summed E-state index contributed by atoms with van der Waals surface area (Å²) in [5, 5.41) is 5.73. The number of nitrogens with zero attached hydrogens (tertiary/aromatic N) is 1. The molecule has 0 saturated heterocycles. The van der Waals surface area contributed by atoms with Crippen LogP contribution in [-0.4, -0.2) is 23.8 Å². The summed E-state index contributed by atoms with van der Waals surface area (Å²) in [6.07, 6.45) is 0. The minimum absolute atomic E-state index is 0.165. The molecular weight excluding hydrogens is 288 g/mol. The van der Waals surface area contributed by atoms with Crippen molar-refractivity contribution in [3.8, 4) is 0 Å². The Kier molecular flexibility index (Phi) is 4.23. The number of hydrogen-bond donors (Lipinski definition) is 3. The molecule has 1 aromatic carbocycles. The summed E-state index contributed by atoms with van der Waals surface area (Å²) >= 11 is 1.15. The van der Waals surface area contributed by atoms with E-state index in [2.05, 4.69) is 15.6 Å². The number of carbonyl (C=O) groups is 2. The fraction of sp³-hybridized carbons (Fsp3) is 0.214. The van der Waals surface area contributed by atoms with Gasteiger partial charge in [0.25, 0.3) is 11.8 Å². The predicted molar refractivity (Wildman–Crippen MR) is 83.8 cm³/mol. The number of nitrogens with one attached hydrogen (secondary N) is 2. The summed E-state index contributed by atoms with van der Waals surface area (Å²) in [6.45, 7) is 3.57. The quantitative estimate of drug-likeness (QED) is 0.807. The van der Waals surface area contributed by atoms with Crippen LogP contribution in [0.1, 0.15) is 31.3 Å². The zero-order chi connectivity index (χ0) is 15.6. The molecule has 0 fully saturated rings. The molecule has 1 heterocycles. The molecule has 2 aromatic rings. The number of aryl methyl sites for hydroxylation is 2. The highest BCUT2D eigenvalue weighted by atomic mass is 32.1. The van der Waals surface area contributed by atoms with Crippen LogP contribution in [0.4, 0.5) is 10.8 Å². The molecular formula is C14H16N4O2S. The lowest BCUT2D eigenvalue weighted by atomic mass is 10.1. The van der Waals surface area contributed by atoms with Crippen molar-refractivity contribution in [3.63, 3.8) is 0 Å². The lowest BCUT2D eigenvalue weighted by Gasteiger charge is -2.09. The third kappa shape index (κ3) is 3.19. The van der Waals surface area contributed by atoms with Gasteiger partial charge in [-0.3, -0.25) is 9.59 Å². The first kappa shape index (κ1) is 15.0. The number of nitrogen functional groups attached to an aromatic ring is 1. The largest absolute Gasteiger partial charge is 0.375 e. The second-order valence-corrected chi connectivity index (χ2v) is 5.56. The first-order chi connectivity index (χ1) is 9.92. The Hall–Kier alpha value is -2.41. The van der Waals surface area contributed by atoms with E-state index in [1.165, 1.54) is 0 Å². The van der Waals surface area contributed by atoms with Crippen LogP contribution in [-0.2, 0) is 0 Å². The minimum Gasteiger partial charge on any atom is -0.375 e. The van der Waals surface area contributed by atoms with E-state index in [1.807, 2.05) is 6.92 Å². The first-order valence-electron chi connectivity index (χ1n) is 6.29. The molecule has 2 rings (SSSR count). The smallest absolute Gasteiger partial charge is 0.267 e. The first-order valence-corrected chi connectivity index (χ1v) is 7.11. The monoisotopic (exact) mass is 304 g/mol. The zero-order valence-corrected chi connectivity index (χ0v) is 12.8. The molecule has 1 aromatic heterocycles. The maximum Gasteiger partial charge on any atom is 0.267 e. The van der Waals surface area contributed by atoms with E-state index in [9.17, 15) is 9.59 Å². The number of anilines is 2. The third-order valence-corrected chi connectivity index (χ3v) is 3.97. The van der Waals surface area contributed by atoms with Crippen LogP contribution in [0.5, 0.6) is 0 Å². The van der Waals surface area contributed by atoms with Gasteiger partial charge in [-0.05, 0) is 37.6 Å². The van der Waals surface area contributed by atoms with E-state index < -0.39 is 0 Å². The van der Waals surface area contributed by atoms with Gasteiger partial charge in [-0.25, -0.2) is 4.98 Å². The van der Waals surface area contributed by atoms with E-state index >= 15 is 0 Å². The molecule has 4 N–H and O–H groups in total. The normalized spacial score (nSPS) is 10.2. The average molecular weight is 304 g/mol. The predicted octanol–water partition coefficient (Wildman–Crippen LogP) is 1.95. The fourth-order valence-electron chi connectivity index (χ4n) is 1.90. The topological polar surface area (TPSA) is 97.1 Å². The molecule has 0 spiro atoms. The van der Waals surface area contributed by atoms with Gasteiger partial charge in [0.1, 0.15) is 4.88 Å². The van der Waals surface area contributed by atoms with Gasteiger partial charge in [-0.15, -0.1) is 0 Å².